The van der Waals surface area contributed by atoms with E-state index < -0.39 is 0 Å². The number of piperidine rings is 1. The molecule has 0 radical (unpaired) electrons. The van der Waals surface area contributed by atoms with Crippen LogP contribution in [0.1, 0.15) is 43.6 Å². The Balaban J connectivity index is 1.50. The number of halogens is 1. The van der Waals surface area contributed by atoms with Crippen molar-refractivity contribution in [2.45, 2.75) is 45.7 Å². The van der Waals surface area contributed by atoms with Gasteiger partial charge in [0.1, 0.15) is 5.69 Å². The van der Waals surface area contributed by atoms with Gasteiger partial charge in [0, 0.05) is 35.1 Å². The quantitative estimate of drug-likeness (QED) is 0.647. The van der Waals surface area contributed by atoms with Crippen LogP contribution < -0.4 is 5.32 Å². The van der Waals surface area contributed by atoms with Gasteiger partial charge in [-0.15, -0.1) is 0 Å². The average molecular weight is 438 g/mol. The van der Waals surface area contributed by atoms with Gasteiger partial charge >= 0.3 is 0 Å². The minimum absolute atomic E-state index is 0.00469. The molecule has 1 N–H and O–H groups in total. The summed E-state index contributed by atoms with van der Waals surface area (Å²) in [6.07, 6.45) is 11.3. The maximum absolute atomic E-state index is 13.2. The van der Waals surface area contributed by atoms with E-state index in [4.69, 9.17) is 11.6 Å². The highest BCUT2D eigenvalue weighted by molar-refractivity contribution is 6.32. The third-order valence-electron chi connectivity index (χ3n) is 6.49. The van der Waals surface area contributed by atoms with Crippen LogP contribution in [-0.2, 0) is 6.54 Å². The largest absolute Gasteiger partial charge is 0.350 e. The van der Waals surface area contributed by atoms with Crippen LogP contribution in [0.4, 0.5) is 0 Å². The highest BCUT2D eigenvalue weighted by Gasteiger charge is 2.23. The molecule has 1 saturated heterocycles. The molecular weight excluding hydrogens is 406 g/mol. The summed E-state index contributed by atoms with van der Waals surface area (Å²) in [6.45, 7) is 8.06. The lowest BCUT2D eigenvalue weighted by atomic mass is 9.96. The molecule has 1 aliphatic carbocycles. The summed E-state index contributed by atoms with van der Waals surface area (Å²) in [7, 11) is 0. The van der Waals surface area contributed by atoms with E-state index in [0.29, 0.717) is 24.2 Å². The summed E-state index contributed by atoms with van der Waals surface area (Å²) in [6, 6.07) is 10.8. The normalized spacial score (nSPS) is 18.2. The maximum atomic E-state index is 13.2. The maximum Gasteiger partial charge on any atom is 0.267 e. The van der Waals surface area contributed by atoms with E-state index in [1.165, 1.54) is 0 Å². The zero-order valence-corrected chi connectivity index (χ0v) is 19.2. The number of fused-ring (bicyclic) bond motifs is 1. The smallest absolute Gasteiger partial charge is 0.267 e. The molecule has 164 valence electrons. The second-order valence-corrected chi connectivity index (χ2v) is 9.27. The molecule has 2 aromatic rings. The van der Waals surface area contributed by atoms with E-state index in [1.54, 1.807) is 0 Å². The van der Waals surface area contributed by atoms with Crippen LogP contribution in [0.15, 0.2) is 65.2 Å². The highest BCUT2D eigenvalue weighted by atomic mass is 35.5. The number of para-hydroxylation sites is 1. The van der Waals surface area contributed by atoms with Gasteiger partial charge in [0.15, 0.2) is 0 Å². The lowest BCUT2D eigenvalue weighted by Crippen LogP contribution is -2.41. The van der Waals surface area contributed by atoms with Crippen molar-refractivity contribution >= 4 is 28.4 Å². The topological polar surface area (TPSA) is 37.3 Å². The Bertz CT molecular complexity index is 1020. The number of aromatic nitrogens is 1. The first-order valence-electron chi connectivity index (χ1n) is 11.3. The Hall–Kier alpha value is -2.30. The molecule has 4 rings (SSSR count). The molecule has 1 amide bonds. The Morgan fingerprint density at radius 2 is 2.00 bits per heavy atom. The molecule has 1 fully saturated rings. The summed E-state index contributed by atoms with van der Waals surface area (Å²) >= 11 is 6.51. The first-order chi connectivity index (χ1) is 15.0. The van der Waals surface area contributed by atoms with E-state index in [-0.39, 0.29) is 5.91 Å². The molecule has 31 heavy (non-hydrogen) atoms. The number of benzene rings is 1. The number of hydrogen-bond donors (Lipinski definition) is 1. The predicted molar refractivity (Wildman–Crippen MR) is 129 cm³/mol. The van der Waals surface area contributed by atoms with Crippen molar-refractivity contribution < 1.29 is 4.79 Å². The van der Waals surface area contributed by atoms with E-state index in [2.05, 4.69) is 52.9 Å². The van der Waals surface area contributed by atoms with Crippen LogP contribution >= 0.6 is 11.6 Å². The van der Waals surface area contributed by atoms with Crippen molar-refractivity contribution in [1.82, 2.24) is 14.8 Å². The van der Waals surface area contributed by atoms with E-state index in [1.807, 2.05) is 30.4 Å². The minimum Gasteiger partial charge on any atom is -0.350 e. The number of nitrogens with zero attached hydrogens (tertiary/aromatic N) is 2. The molecular formula is C26H32ClN3O. The van der Waals surface area contributed by atoms with Crippen molar-refractivity contribution in [3.8, 4) is 0 Å². The van der Waals surface area contributed by atoms with Crippen LogP contribution in [0.2, 0.25) is 0 Å². The monoisotopic (exact) mass is 437 g/mol. The molecule has 1 aromatic carbocycles. The van der Waals surface area contributed by atoms with Crippen LogP contribution in [0.5, 0.6) is 0 Å². The summed E-state index contributed by atoms with van der Waals surface area (Å²) in [5, 5.41) is 5.02. The predicted octanol–water partition coefficient (Wildman–Crippen LogP) is 5.50. The molecule has 0 bridgehead atoms. The number of amides is 1. The zero-order valence-electron chi connectivity index (χ0n) is 18.5. The highest BCUT2D eigenvalue weighted by Crippen LogP contribution is 2.26. The zero-order chi connectivity index (χ0) is 21.8. The molecule has 0 atom stereocenters. The lowest BCUT2D eigenvalue weighted by molar-refractivity contribution is 0.0921. The number of carbonyl (C=O) groups is 1. The average Bonchev–Trinajstić information content (AvgIpc) is 3.02. The fraction of sp³-hybridized carbons (Fsp3) is 0.423. The standard InChI is InChI=1S/C26H32ClN3O/c1-19(2)29-14-12-20(13-15-29)17-28-26(31)25-16-21-8-6-7-11-24(21)30(25)18-22-9-4-3-5-10-23(22)27/h3,5-11,16,19-20H,4,12-15,17-18H2,1-2H3,(H,28,31). The van der Waals surface area contributed by atoms with E-state index in [9.17, 15) is 4.79 Å². The van der Waals surface area contributed by atoms with Crippen molar-refractivity contribution in [2.24, 2.45) is 5.92 Å². The Morgan fingerprint density at radius 3 is 2.77 bits per heavy atom. The van der Waals surface area contributed by atoms with Crippen molar-refractivity contribution in [2.75, 3.05) is 19.6 Å². The Labute approximate surface area is 190 Å². The first kappa shape index (κ1) is 21.9. The fourth-order valence-electron chi connectivity index (χ4n) is 4.53. The van der Waals surface area contributed by atoms with Crippen LogP contribution in [0.3, 0.4) is 0 Å². The molecule has 0 saturated carbocycles. The van der Waals surface area contributed by atoms with Crippen molar-refractivity contribution in [3.05, 3.63) is 70.9 Å². The van der Waals surface area contributed by atoms with Gasteiger partial charge in [0.2, 0.25) is 0 Å². The van der Waals surface area contributed by atoms with Crippen molar-refractivity contribution in [3.63, 3.8) is 0 Å². The number of nitrogens with one attached hydrogen (secondary N) is 1. The van der Waals surface area contributed by atoms with Gasteiger partial charge in [-0.2, -0.15) is 0 Å². The Kier molecular flexibility index (Phi) is 6.99. The number of rotatable bonds is 6. The van der Waals surface area contributed by atoms with E-state index in [0.717, 1.165) is 60.4 Å². The molecule has 1 aliphatic heterocycles. The van der Waals surface area contributed by atoms with Crippen LogP contribution in [0, 0.1) is 5.92 Å². The van der Waals surface area contributed by atoms with Gasteiger partial charge in [-0.25, -0.2) is 0 Å². The molecule has 2 aliphatic rings. The molecule has 1 aromatic heterocycles. The summed E-state index contributed by atoms with van der Waals surface area (Å²) in [5.74, 6) is 0.541. The number of carbonyl (C=O) groups excluding carboxylic acids is 1. The SMILES string of the molecule is CC(C)N1CCC(CNC(=O)c2cc3ccccc3n2CC2=CCC=CC=C2Cl)CC1. The second-order valence-electron chi connectivity index (χ2n) is 8.87. The molecule has 2 heterocycles. The van der Waals surface area contributed by atoms with Gasteiger partial charge < -0.3 is 14.8 Å². The van der Waals surface area contributed by atoms with Gasteiger partial charge in [0.25, 0.3) is 5.91 Å². The summed E-state index contributed by atoms with van der Waals surface area (Å²) in [5.41, 5.74) is 2.80. The fourth-order valence-corrected chi connectivity index (χ4v) is 4.74. The van der Waals surface area contributed by atoms with Gasteiger partial charge in [-0.05, 0) is 75.9 Å². The first-order valence-corrected chi connectivity index (χ1v) is 11.7. The van der Waals surface area contributed by atoms with E-state index >= 15 is 0 Å². The number of allylic oxidation sites excluding steroid dienone is 6. The lowest BCUT2D eigenvalue weighted by Gasteiger charge is -2.34. The second kappa shape index (κ2) is 9.88. The van der Waals surface area contributed by atoms with Crippen LogP contribution in [0.25, 0.3) is 10.9 Å². The molecule has 5 heteroatoms. The van der Waals surface area contributed by atoms with Crippen molar-refractivity contribution in [1.29, 1.82) is 0 Å². The third-order valence-corrected chi connectivity index (χ3v) is 6.86. The summed E-state index contributed by atoms with van der Waals surface area (Å²) < 4.78 is 2.10. The number of hydrogen-bond acceptors (Lipinski definition) is 2. The molecule has 4 nitrogen and oxygen atoms in total. The van der Waals surface area contributed by atoms with Crippen LogP contribution in [-0.4, -0.2) is 41.1 Å². The minimum atomic E-state index is -0.00469. The third kappa shape index (κ3) is 5.13. The molecule has 0 spiro atoms. The molecule has 0 unspecified atom stereocenters. The summed E-state index contributed by atoms with van der Waals surface area (Å²) in [4.78, 5) is 15.7. The van der Waals surface area contributed by atoms with Gasteiger partial charge in [0.05, 0.1) is 0 Å². The number of likely N-dealkylation sites (tertiary alicyclic amines) is 1. The Morgan fingerprint density at radius 1 is 1.23 bits per heavy atom. The van der Waals surface area contributed by atoms with Gasteiger partial charge in [-0.3, -0.25) is 4.79 Å². The van der Waals surface area contributed by atoms with Gasteiger partial charge in [-0.1, -0.05) is 48.0 Å².